The number of nitrogens with one attached hydrogen (secondary N) is 1. The number of ether oxygens (including phenoxy) is 1. The second kappa shape index (κ2) is 8.03. The SMILES string of the molecule is Cc1cc(F)ccc1S(=O)(=O)NC1CCC(Oc2ccc(C#N)cn2)CC1. The molecule has 0 atom stereocenters. The van der Waals surface area contributed by atoms with E-state index in [2.05, 4.69) is 9.71 Å². The maximum Gasteiger partial charge on any atom is 0.241 e. The van der Waals surface area contributed by atoms with Crippen molar-refractivity contribution in [3.63, 3.8) is 0 Å². The lowest BCUT2D eigenvalue weighted by molar-refractivity contribution is 0.138. The van der Waals surface area contributed by atoms with E-state index in [-0.39, 0.29) is 17.0 Å². The molecule has 3 rings (SSSR count). The third kappa shape index (κ3) is 4.81. The molecule has 1 heterocycles. The van der Waals surface area contributed by atoms with Gasteiger partial charge in [-0.05, 0) is 62.4 Å². The Kier molecular flexibility index (Phi) is 5.73. The number of pyridine rings is 1. The molecule has 1 fully saturated rings. The lowest BCUT2D eigenvalue weighted by Gasteiger charge is -2.29. The quantitative estimate of drug-likeness (QED) is 0.848. The normalized spacial score (nSPS) is 20.0. The van der Waals surface area contributed by atoms with E-state index in [1.54, 1.807) is 19.1 Å². The molecule has 0 unspecified atom stereocenters. The Hall–Kier alpha value is -2.50. The second-order valence-electron chi connectivity index (χ2n) is 6.62. The number of halogens is 1. The summed E-state index contributed by atoms with van der Waals surface area (Å²) < 4.78 is 46.9. The molecule has 2 aromatic rings. The van der Waals surface area contributed by atoms with Gasteiger partial charge in [-0.3, -0.25) is 0 Å². The highest BCUT2D eigenvalue weighted by atomic mass is 32.2. The van der Waals surface area contributed by atoms with E-state index in [0.29, 0.717) is 42.7 Å². The monoisotopic (exact) mass is 389 g/mol. The van der Waals surface area contributed by atoms with Gasteiger partial charge in [-0.2, -0.15) is 5.26 Å². The number of nitriles is 1. The lowest BCUT2D eigenvalue weighted by Crippen LogP contribution is -2.39. The summed E-state index contributed by atoms with van der Waals surface area (Å²) in [7, 11) is -3.69. The minimum Gasteiger partial charge on any atom is -0.474 e. The maximum absolute atomic E-state index is 13.2. The van der Waals surface area contributed by atoms with Crippen LogP contribution < -0.4 is 9.46 Å². The first-order valence-electron chi connectivity index (χ1n) is 8.68. The van der Waals surface area contributed by atoms with Crippen molar-refractivity contribution in [2.45, 2.75) is 49.6 Å². The molecule has 0 amide bonds. The van der Waals surface area contributed by atoms with Crippen molar-refractivity contribution < 1.29 is 17.5 Å². The molecule has 27 heavy (non-hydrogen) atoms. The fourth-order valence-corrected chi connectivity index (χ4v) is 4.71. The number of rotatable bonds is 5. The largest absolute Gasteiger partial charge is 0.474 e. The number of aromatic nitrogens is 1. The smallest absolute Gasteiger partial charge is 0.241 e. The van der Waals surface area contributed by atoms with Crippen LogP contribution in [0.15, 0.2) is 41.4 Å². The molecule has 8 heteroatoms. The third-order valence-electron chi connectivity index (χ3n) is 4.58. The standard InChI is InChI=1S/C19H20FN3O3S/c1-13-10-15(20)3-8-18(13)27(24,25)23-16-4-6-17(7-5-16)26-19-9-2-14(11-21)12-22-19/h2-3,8-10,12,16-17,23H,4-7H2,1H3. The molecule has 6 nitrogen and oxygen atoms in total. The molecule has 0 radical (unpaired) electrons. The zero-order valence-corrected chi connectivity index (χ0v) is 15.7. The van der Waals surface area contributed by atoms with E-state index in [0.717, 1.165) is 6.07 Å². The van der Waals surface area contributed by atoms with Gasteiger partial charge in [-0.15, -0.1) is 0 Å². The van der Waals surface area contributed by atoms with Gasteiger partial charge < -0.3 is 4.74 Å². The fourth-order valence-electron chi connectivity index (χ4n) is 3.18. The number of hydrogen-bond acceptors (Lipinski definition) is 5. The summed E-state index contributed by atoms with van der Waals surface area (Å²) in [4.78, 5) is 4.19. The second-order valence-corrected chi connectivity index (χ2v) is 8.30. The Morgan fingerprint density at radius 1 is 1.22 bits per heavy atom. The fraction of sp³-hybridized carbons (Fsp3) is 0.368. The number of aryl methyl sites for hydroxylation is 1. The average molecular weight is 389 g/mol. The third-order valence-corrected chi connectivity index (χ3v) is 6.26. The minimum absolute atomic E-state index is 0.0428. The summed E-state index contributed by atoms with van der Waals surface area (Å²) in [5.41, 5.74) is 0.850. The van der Waals surface area contributed by atoms with E-state index in [9.17, 15) is 12.8 Å². The Balaban J connectivity index is 1.56. The Morgan fingerprint density at radius 3 is 2.56 bits per heavy atom. The van der Waals surface area contributed by atoms with E-state index < -0.39 is 15.8 Å². The zero-order chi connectivity index (χ0) is 19.4. The molecule has 1 N–H and O–H groups in total. The van der Waals surface area contributed by atoms with Gasteiger partial charge in [0.1, 0.15) is 18.0 Å². The van der Waals surface area contributed by atoms with Crippen LogP contribution >= 0.6 is 0 Å². The van der Waals surface area contributed by atoms with Gasteiger partial charge in [0.05, 0.1) is 10.5 Å². The Bertz CT molecular complexity index is 947. The van der Waals surface area contributed by atoms with Crippen molar-refractivity contribution in [2.24, 2.45) is 0 Å². The molecule has 0 spiro atoms. The van der Waals surface area contributed by atoms with Crippen LogP contribution in [0.3, 0.4) is 0 Å². The molecule has 0 bridgehead atoms. The van der Waals surface area contributed by atoms with Crippen LogP contribution in [0.4, 0.5) is 4.39 Å². The molecule has 1 aromatic carbocycles. The first-order chi connectivity index (χ1) is 12.9. The van der Waals surface area contributed by atoms with Crippen molar-refractivity contribution in [1.82, 2.24) is 9.71 Å². The minimum atomic E-state index is -3.69. The molecule has 0 aliphatic heterocycles. The van der Waals surface area contributed by atoms with Crippen molar-refractivity contribution in [3.8, 4) is 11.9 Å². The topological polar surface area (TPSA) is 92.1 Å². The highest BCUT2D eigenvalue weighted by Crippen LogP contribution is 2.25. The number of sulfonamides is 1. The van der Waals surface area contributed by atoms with Crippen LogP contribution in [0.2, 0.25) is 0 Å². The van der Waals surface area contributed by atoms with E-state index in [4.69, 9.17) is 10.00 Å². The van der Waals surface area contributed by atoms with E-state index >= 15 is 0 Å². The number of benzene rings is 1. The first kappa shape index (κ1) is 19.3. The van der Waals surface area contributed by atoms with Crippen molar-refractivity contribution in [1.29, 1.82) is 5.26 Å². The first-order valence-corrected chi connectivity index (χ1v) is 10.2. The molecule has 142 valence electrons. The van der Waals surface area contributed by atoms with Gasteiger partial charge in [-0.1, -0.05) is 0 Å². The summed E-state index contributed by atoms with van der Waals surface area (Å²) in [6.45, 7) is 1.58. The molecular formula is C19H20FN3O3S. The van der Waals surface area contributed by atoms with Crippen molar-refractivity contribution in [2.75, 3.05) is 0 Å². The summed E-state index contributed by atoms with van der Waals surface area (Å²) in [5.74, 6) is 0.000451. The predicted octanol–water partition coefficient (Wildman–Crippen LogP) is 3.07. The highest BCUT2D eigenvalue weighted by molar-refractivity contribution is 7.89. The molecule has 1 aromatic heterocycles. The lowest BCUT2D eigenvalue weighted by atomic mass is 9.94. The van der Waals surface area contributed by atoms with E-state index in [1.165, 1.54) is 18.3 Å². The molecule has 0 saturated heterocycles. The van der Waals surface area contributed by atoms with Crippen LogP contribution in [-0.2, 0) is 10.0 Å². The Labute approximate surface area is 158 Å². The van der Waals surface area contributed by atoms with Crippen molar-refractivity contribution >= 4 is 10.0 Å². The molecular weight excluding hydrogens is 369 g/mol. The molecule has 1 saturated carbocycles. The average Bonchev–Trinajstić information content (AvgIpc) is 2.63. The summed E-state index contributed by atoms with van der Waals surface area (Å²) in [6.07, 6.45) is 4.08. The molecule has 1 aliphatic carbocycles. The van der Waals surface area contributed by atoms with Crippen LogP contribution in [0, 0.1) is 24.1 Å². The van der Waals surface area contributed by atoms with Crippen LogP contribution in [-0.4, -0.2) is 25.5 Å². The summed E-state index contributed by atoms with van der Waals surface area (Å²) >= 11 is 0. The maximum atomic E-state index is 13.2. The van der Waals surface area contributed by atoms with Crippen LogP contribution in [0.25, 0.3) is 0 Å². The summed E-state index contributed by atoms with van der Waals surface area (Å²) in [6, 6.07) is 8.77. The molecule has 1 aliphatic rings. The number of nitrogens with zero attached hydrogens (tertiary/aromatic N) is 2. The van der Waals surface area contributed by atoms with Gasteiger partial charge >= 0.3 is 0 Å². The van der Waals surface area contributed by atoms with Crippen LogP contribution in [0.5, 0.6) is 5.88 Å². The van der Waals surface area contributed by atoms with E-state index in [1.807, 2.05) is 6.07 Å². The predicted molar refractivity (Wildman–Crippen MR) is 97.1 cm³/mol. The van der Waals surface area contributed by atoms with Gasteiger partial charge in [0.2, 0.25) is 15.9 Å². The highest BCUT2D eigenvalue weighted by Gasteiger charge is 2.27. The van der Waals surface area contributed by atoms with Gasteiger partial charge in [0, 0.05) is 18.3 Å². The Morgan fingerprint density at radius 2 is 1.96 bits per heavy atom. The van der Waals surface area contributed by atoms with Gasteiger partial charge in [-0.25, -0.2) is 22.5 Å². The van der Waals surface area contributed by atoms with Gasteiger partial charge in [0.15, 0.2) is 0 Å². The zero-order valence-electron chi connectivity index (χ0n) is 14.9. The summed E-state index contributed by atoms with van der Waals surface area (Å²) in [5, 5.41) is 8.78. The van der Waals surface area contributed by atoms with Gasteiger partial charge in [0.25, 0.3) is 0 Å². The number of hydrogen-bond donors (Lipinski definition) is 1. The van der Waals surface area contributed by atoms with Crippen LogP contribution in [0.1, 0.15) is 36.8 Å². The van der Waals surface area contributed by atoms with Crippen molar-refractivity contribution in [3.05, 3.63) is 53.5 Å².